The van der Waals surface area contributed by atoms with E-state index in [0.29, 0.717) is 36.8 Å². The first kappa shape index (κ1) is 23.1. The van der Waals surface area contributed by atoms with E-state index in [1.165, 1.54) is 25.3 Å². The van der Waals surface area contributed by atoms with Crippen LogP contribution in [0, 0.1) is 5.82 Å². The molecule has 1 heterocycles. The largest absolute Gasteiger partial charge is 0.497 e. The van der Waals surface area contributed by atoms with Crippen molar-refractivity contribution in [3.63, 3.8) is 0 Å². The highest BCUT2D eigenvalue weighted by Gasteiger charge is 2.29. The summed E-state index contributed by atoms with van der Waals surface area (Å²) >= 11 is 0. The number of hydrogen-bond donors (Lipinski definition) is 1. The number of halogens is 1. The van der Waals surface area contributed by atoms with Gasteiger partial charge in [0.05, 0.1) is 25.6 Å². The molecule has 8 heteroatoms. The van der Waals surface area contributed by atoms with Crippen LogP contribution in [0.1, 0.15) is 22.3 Å². The fourth-order valence-electron chi connectivity index (χ4n) is 3.91. The summed E-state index contributed by atoms with van der Waals surface area (Å²) in [5.74, 6) is 0.303. The van der Waals surface area contributed by atoms with Crippen molar-refractivity contribution < 1.29 is 23.5 Å². The molecule has 1 fully saturated rings. The first-order valence-electron chi connectivity index (χ1n) is 10.9. The molecule has 3 amide bonds. The highest BCUT2D eigenvalue weighted by molar-refractivity contribution is 6.07. The third kappa shape index (κ3) is 5.11. The second-order valence-electron chi connectivity index (χ2n) is 7.90. The molecule has 1 aliphatic rings. The zero-order chi connectivity index (χ0) is 24.1. The Morgan fingerprint density at radius 3 is 2.41 bits per heavy atom. The fraction of sp³-hybridized carbons (Fsp3) is 0.231. The van der Waals surface area contributed by atoms with Crippen LogP contribution in [0.15, 0.2) is 66.7 Å². The number of ether oxygens (including phenoxy) is 2. The van der Waals surface area contributed by atoms with Gasteiger partial charge in [-0.2, -0.15) is 0 Å². The number of anilines is 2. The van der Waals surface area contributed by atoms with Crippen LogP contribution >= 0.6 is 0 Å². The van der Waals surface area contributed by atoms with E-state index in [1.54, 1.807) is 35.1 Å². The second kappa shape index (κ2) is 10.2. The van der Waals surface area contributed by atoms with E-state index in [4.69, 9.17) is 9.47 Å². The Morgan fingerprint density at radius 2 is 1.71 bits per heavy atom. The number of amides is 3. The molecular weight excluding hydrogens is 437 g/mol. The van der Waals surface area contributed by atoms with Gasteiger partial charge in [0.2, 0.25) is 0 Å². The Labute approximate surface area is 197 Å². The Kier molecular flexibility index (Phi) is 6.96. The molecule has 7 nitrogen and oxygen atoms in total. The van der Waals surface area contributed by atoms with Crippen LogP contribution in [-0.4, -0.2) is 44.1 Å². The van der Waals surface area contributed by atoms with Crippen LogP contribution < -0.4 is 19.7 Å². The topological polar surface area (TPSA) is 71.1 Å². The first-order chi connectivity index (χ1) is 16.5. The molecular formula is C26H26FN3O4. The summed E-state index contributed by atoms with van der Waals surface area (Å²) in [7, 11) is 3.14. The van der Waals surface area contributed by atoms with Crippen LogP contribution in [0.2, 0.25) is 0 Å². The number of methoxy groups -OCH3 is 2. The quantitative estimate of drug-likeness (QED) is 0.540. The molecule has 1 N–H and O–H groups in total. The molecule has 0 saturated carbocycles. The molecule has 3 aromatic carbocycles. The summed E-state index contributed by atoms with van der Waals surface area (Å²) in [4.78, 5) is 29.6. The van der Waals surface area contributed by atoms with Gasteiger partial charge in [0.15, 0.2) is 0 Å². The maximum atomic E-state index is 13.6. The second-order valence-corrected chi connectivity index (χ2v) is 7.90. The summed E-state index contributed by atoms with van der Waals surface area (Å²) in [5, 5.41) is 2.81. The number of nitrogens with zero attached hydrogens (tertiary/aromatic N) is 2. The van der Waals surface area contributed by atoms with Crippen molar-refractivity contribution in [2.24, 2.45) is 0 Å². The molecule has 1 aliphatic heterocycles. The van der Waals surface area contributed by atoms with Gasteiger partial charge >= 0.3 is 6.03 Å². The predicted octanol–water partition coefficient (Wildman–Crippen LogP) is 4.93. The zero-order valence-electron chi connectivity index (χ0n) is 19.1. The molecule has 0 spiro atoms. The van der Waals surface area contributed by atoms with Crippen molar-refractivity contribution in [2.75, 3.05) is 37.5 Å². The molecule has 4 rings (SSSR count). The number of rotatable bonds is 7. The number of urea groups is 1. The third-order valence-corrected chi connectivity index (χ3v) is 5.67. The zero-order valence-corrected chi connectivity index (χ0v) is 19.1. The van der Waals surface area contributed by atoms with Gasteiger partial charge in [0, 0.05) is 31.3 Å². The lowest BCUT2D eigenvalue weighted by Gasteiger charge is -2.36. The summed E-state index contributed by atoms with van der Waals surface area (Å²) in [6.45, 7) is 1.59. The van der Waals surface area contributed by atoms with Crippen LogP contribution in [-0.2, 0) is 6.54 Å². The smallest absolute Gasteiger partial charge is 0.324 e. The van der Waals surface area contributed by atoms with Gasteiger partial charge in [-0.3, -0.25) is 9.69 Å². The Hall–Kier alpha value is -4.07. The SMILES string of the molecule is COc1ccc(CN2CCCN(c3ccc(OC)cc3NC(=O)c3cccc(F)c3)C2=O)cc1. The Balaban J connectivity index is 1.58. The molecule has 0 aliphatic carbocycles. The minimum absolute atomic E-state index is 0.159. The molecule has 1 saturated heterocycles. The maximum absolute atomic E-state index is 13.6. The predicted molar refractivity (Wildman–Crippen MR) is 128 cm³/mol. The molecule has 34 heavy (non-hydrogen) atoms. The first-order valence-corrected chi connectivity index (χ1v) is 10.9. The van der Waals surface area contributed by atoms with Crippen molar-refractivity contribution >= 4 is 23.3 Å². The van der Waals surface area contributed by atoms with Crippen LogP contribution in [0.25, 0.3) is 0 Å². The average Bonchev–Trinajstić information content (AvgIpc) is 2.86. The highest BCUT2D eigenvalue weighted by atomic mass is 19.1. The number of hydrogen-bond acceptors (Lipinski definition) is 4. The monoisotopic (exact) mass is 463 g/mol. The van der Waals surface area contributed by atoms with Gasteiger partial charge in [-0.1, -0.05) is 18.2 Å². The van der Waals surface area contributed by atoms with Crippen molar-refractivity contribution in [1.29, 1.82) is 0 Å². The van der Waals surface area contributed by atoms with Gasteiger partial charge in [-0.05, 0) is 54.4 Å². The number of carbonyl (C=O) groups is 2. The van der Waals surface area contributed by atoms with Crippen molar-refractivity contribution in [2.45, 2.75) is 13.0 Å². The lowest BCUT2D eigenvalue weighted by atomic mass is 10.1. The van der Waals surface area contributed by atoms with E-state index >= 15 is 0 Å². The number of carbonyl (C=O) groups excluding carboxylic acids is 2. The van der Waals surface area contributed by atoms with Crippen LogP contribution in [0.5, 0.6) is 11.5 Å². The van der Waals surface area contributed by atoms with E-state index in [-0.39, 0.29) is 11.6 Å². The maximum Gasteiger partial charge on any atom is 0.324 e. The van der Waals surface area contributed by atoms with Gasteiger partial charge in [-0.25, -0.2) is 9.18 Å². The van der Waals surface area contributed by atoms with E-state index in [2.05, 4.69) is 5.32 Å². The van der Waals surface area contributed by atoms with Crippen LogP contribution in [0.3, 0.4) is 0 Å². The van der Waals surface area contributed by atoms with E-state index in [0.717, 1.165) is 23.8 Å². The third-order valence-electron chi connectivity index (χ3n) is 5.67. The van der Waals surface area contributed by atoms with Gasteiger partial charge < -0.3 is 19.7 Å². The summed E-state index contributed by atoms with van der Waals surface area (Å²) in [5.41, 5.74) is 2.13. The Morgan fingerprint density at radius 1 is 0.971 bits per heavy atom. The summed E-state index contributed by atoms with van der Waals surface area (Å²) in [6, 6.07) is 18.0. The molecule has 0 unspecified atom stereocenters. The van der Waals surface area contributed by atoms with E-state index in [9.17, 15) is 14.0 Å². The number of nitrogens with one attached hydrogen (secondary N) is 1. The molecule has 0 atom stereocenters. The standard InChI is InChI=1S/C26H26FN3O4/c1-33-21-9-7-18(8-10-21)17-29-13-4-14-30(26(29)32)24-12-11-22(34-2)16-23(24)28-25(31)19-5-3-6-20(27)15-19/h3,5-12,15-16H,4,13-14,17H2,1-2H3,(H,28,31). The number of benzene rings is 3. The van der Waals surface area contributed by atoms with Crippen LogP contribution in [0.4, 0.5) is 20.6 Å². The van der Waals surface area contributed by atoms with Gasteiger partial charge in [-0.15, -0.1) is 0 Å². The van der Waals surface area contributed by atoms with E-state index < -0.39 is 11.7 Å². The molecule has 0 radical (unpaired) electrons. The molecule has 0 bridgehead atoms. The van der Waals surface area contributed by atoms with Gasteiger partial charge in [0.1, 0.15) is 17.3 Å². The summed E-state index contributed by atoms with van der Waals surface area (Å²) < 4.78 is 24.1. The normalized spacial score (nSPS) is 13.6. The summed E-state index contributed by atoms with van der Waals surface area (Å²) in [6.07, 6.45) is 0.769. The molecule has 0 aromatic heterocycles. The van der Waals surface area contributed by atoms with Crippen molar-refractivity contribution in [1.82, 2.24) is 4.90 Å². The van der Waals surface area contributed by atoms with Crippen molar-refractivity contribution in [3.8, 4) is 11.5 Å². The van der Waals surface area contributed by atoms with Crippen molar-refractivity contribution in [3.05, 3.63) is 83.7 Å². The Bertz CT molecular complexity index is 1180. The van der Waals surface area contributed by atoms with E-state index in [1.807, 2.05) is 24.3 Å². The molecule has 176 valence electrons. The lowest BCUT2D eigenvalue weighted by molar-refractivity contribution is 0.102. The lowest BCUT2D eigenvalue weighted by Crippen LogP contribution is -2.49. The average molecular weight is 464 g/mol. The van der Waals surface area contributed by atoms with Gasteiger partial charge in [0.25, 0.3) is 5.91 Å². The highest BCUT2D eigenvalue weighted by Crippen LogP contribution is 2.33. The minimum atomic E-state index is -0.501. The molecule has 3 aromatic rings. The minimum Gasteiger partial charge on any atom is -0.497 e. The fourth-order valence-corrected chi connectivity index (χ4v) is 3.91.